The van der Waals surface area contributed by atoms with Crippen LogP contribution in [-0.2, 0) is 11.3 Å². The number of nitro groups is 1. The standard InChI is InChI=1S/C19H27N3O3/c23-19(21-12-3-1-2-4-13-21)17-6-5-11-20(15-17)14-16-7-9-18(10-8-16)22(24)25/h7-10,17H,1-6,11-15H2/p+1/t17-/m1/s1. The van der Waals surface area contributed by atoms with Crippen LogP contribution in [0.2, 0.25) is 0 Å². The van der Waals surface area contributed by atoms with Crippen LogP contribution in [-0.4, -0.2) is 41.9 Å². The number of carbonyl (C=O) groups excluding carboxylic acids is 1. The number of non-ortho nitro benzene ring substituents is 1. The Morgan fingerprint density at radius 3 is 2.44 bits per heavy atom. The van der Waals surface area contributed by atoms with Crippen LogP contribution >= 0.6 is 0 Å². The lowest BCUT2D eigenvalue weighted by Crippen LogP contribution is -3.12. The second kappa shape index (κ2) is 8.43. The van der Waals surface area contributed by atoms with E-state index in [0.717, 1.165) is 64.0 Å². The third-order valence-corrected chi connectivity index (χ3v) is 5.49. The molecule has 2 saturated heterocycles. The van der Waals surface area contributed by atoms with Crippen LogP contribution in [0.15, 0.2) is 24.3 Å². The van der Waals surface area contributed by atoms with Crippen LogP contribution in [0.5, 0.6) is 0 Å². The molecular formula is C19H28N3O3+. The van der Waals surface area contributed by atoms with E-state index in [2.05, 4.69) is 4.90 Å². The molecule has 2 aliphatic rings. The zero-order valence-corrected chi connectivity index (χ0v) is 14.8. The largest absolute Gasteiger partial charge is 0.342 e. The van der Waals surface area contributed by atoms with Gasteiger partial charge in [0.25, 0.3) is 5.69 Å². The summed E-state index contributed by atoms with van der Waals surface area (Å²) in [6.45, 7) is 4.63. The molecule has 1 aromatic rings. The average Bonchev–Trinajstić information content (AvgIpc) is 2.91. The fraction of sp³-hybridized carbons (Fsp3) is 0.632. The molecule has 25 heavy (non-hydrogen) atoms. The van der Waals surface area contributed by atoms with Gasteiger partial charge in [-0.1, -0.05) is 12.8 Å². The molecule has 1 aromatic carbocycles. The van der Waals surface area contributed by atoms with E-state index in [1.54, 1.807) is 12.1 Å². The number of rotatable bonds is 4. The van der Waals surface area contributed by atoms with Gasteiger partial charge in [-0.15, -0.1) is 0 Å². The summed E-state index contributed by atoms with van der Waals surface area (Å²) in [7, 11) is 0. The van der Waals surface area contributed by atoms with Crippen LogP contribution in [0.3, 0.4) is 0 Å². The Balaban J connectivity index is 1.56. The summed E-state index contributed by atoms with van der Waals surface area (Å²) in [5.74, 6) is 0.489. The van der Waals surface area contributed by atoms with E-state index in [0.29, 0.717) is 5.91 Å². The molecule has 6 nitrogen and oxygen atoms in total. The Morgan fingerprint density at radius 2 is 1.80 bits per heavy atom. The fourth-order valence-corrected chi connectivity index (χ4v) is 4.10. The van der Waals surface area contributed by atoms with E-state index in [1.807, 2.05) is 12.1 Å². The first-order valence-electron chi connectivity index (χ1n) is 9.49. The maximum atomic E-state index is 12.9. The van der Waals surface area contributed by atoms with E-state index < -0.39 is 0 Å². The minimum Gasteiger partial charge on any atom is -0.342 e. The molecule has 2 fully saturated rings. The van der Waals surface area contributed by atoms with E-state index in [4.69, 9.17) is 0 Å². The molecular weight excluding hydrogens is 318 g/mol. The summed E-state index contributed by atoms with van der Waals surface area (Å²) in [6.07, 6.45) is 6.83. The van der Waals surface area contributed by atoms with Gasteiger partial charge in [-0.05, 0) is 37.8 Å². The third kappa shape index (κ3) is 4.78. The van der Waals surface area contributed by atoms with Gasteiger partial charge in [-0.3, -0.25) is 14.9 Å². The molecule has 0 radical (unpaired) electrons. The third-order valence-electron chi connectivity index (χ3n) is 5.49. The summed E-state index contributed by atoms with van der Waals surface area (Å²) >= 11 is 0. The van der Waals surface area contributed by atoms with Gasteiger partial charge in [0.1, 0.15) is 6.54 Å². The van der Waals surface area contributed by atoms with Gasteiger partial charge in [0, 0.05) is 30.8 Å². The molecule has 136 valence electrons. The van der Waals surface area contributed by atoms with E-state index in [9.17, 15) is 14.9 Å². The minimum atomic E-state index is -0.368. The molecule has 2 aliphatic heterocycles. The van der Waals surface area contributed by atoms with Crippen molar-refractivity contribution >= 4 is 11.6 Å². The first-order valence-corrected chi connectivity index (χ1v) is 9.49. The number of amides is 1. The van der Waals surface area contributed by atoms with Crippen LogP contribution < -0.4 is 4.90 Å². The number of nitrogens with zero attached hydrogens (tertiary/aromatic N) is 2. The van der Waals surface area contributed by atoms with Crippen molar-refractivity contribution in [2.75, 3.05) is 26.2 Å². The van der Waals surface area contributed by atoms with Crippen molar-refractivity contribution in [1.82, 2.24) is 4.90 Å². The van der Waals surface area contributed by atoms with Crippen molar-refractivity contribution in [3.63, 3.8) is 0 Å². The SMILES string of the molecule is O=C([C@@H]1CCC[NH+](Cc2ccc([N+](=O)[O-])cc2)C1)N1CCCCCC1. The highest BCUT2D eigenvalue weighted by Gasteiger charge is 2.31. The maximum Gasteiger partial charge on any atom is 0.269 e. The molecule has 2 heterocycles. The number of nitrogens with one attached hydrogen (secondary N) is 1. The topological polar surface area (TPSA) is 67.9 Å². The number of carbonyl (C=O) groups is 1. The van der Waals surface area contributed by atoms with Crippen molar-refractivity contribution in [2.24, 2.45) is 5.92 Å². The smallest absolute Gasteiger partial charge is 0.269 e. The summed E-state index contributed by atoms with van der Waals surface area (Å²) in [5.41, 5.74) is 1.23. The Bertz CT molecular complexity index is 594. The van der Waals surface area contributed by atoms with Crippen LogP contribution in [0.4, 0.5) is 5.69 Å². The number of benzene rings is 1. The lowest BCUT2D eigenvalue weighted by molar-refractivity contribution is -0.921. The van der Waals surface area contributed by atoms with E-state index in [-0.39, 0.29) is 16.5 Å². The predicted octanol–water partition coefficient (Wildman–Crippen LogP) is 1.79. The van der Waals surface area contributed by atoms with Crippen molar-refractivity contribution < 1.29 is 14.6 Å². The van der Waals surface area contributed by atoms with Crippen LogP contribution in [0.1, 0.15) is 44.1 Å². The maximum absolute atomic E-state index is 12.9. The number of quaternary nitrogens is 1. The molecule has 1 N–H and O–H groups in total. The highest BCUT2D eigenvalue weighted by atomic mass is 16.6. The molecule has 0 saturated carbocycles. The van der Waals surface area contributed by atoms with Gasteiger partial charge in [-0.2, -0.15) is 0 Å². The summed E-state index contributed by atoms with van der Waals surface area (Å²) in [6, 6.07) is 6.81. The highest BCUT2D eigenvalue weighted by Crippen LogP contribution is 2.17. The first-order chi connectivity index (χ1) is 12.1. The molecule has 6 heteroatoms. The predicted molar refractivity (Wildman–Crippen MR) is 95.3 cm³/mol. The molecule has 1 unspecified atom stereocenters. The Hall–Kier alpha value is -1.95. The van der Waals surface area contributed by atoms with Crippen molar-refractivity contribution in [3.8, 4) is 0 Å². The summed E-state index contributed by atoms with van der Waals surface area (Å²) in [5, 5.41) is 10.8. The normalized spacial score (nSPS) is 24.6. The number of hydrogen-bond acceptors (Lipinski definition) is 3. The van der Waals surface area contributed by atoms with Gasteiger partial charge >= 0.3 is 0 Å². The van der Waals surface area contributed by atoms with Crippen molar-refractivity contribution in [3.05, 3.63) is 39.9 Å². The van der Waals surface area contributed by atoms with Gasteiger partial charge in [-0.25, -0.2) is 0 Å². The Kier molecular flexibility index (Phi) is 6.02. The molecule has 0 spiro atoms. The zero-order chi connectivity index (χ0) is 17.6. The molecule has 0 bridgehead atoms. The van der Waals surface area contributed by atoms with E-state index in [1.165, 1.54) is 17.7 Å². The minimum absolute atomic E-state index is 0.131. The van der Waals surface area contributed by atoms with E-state index >= 15 is 0 Å². The van der Waals surface area contributed by atoms with Gasteiger partial charge in [0.2, 0.25) is 5.91 Å². The Labute approximate surface area is 148 Å². The Morgan fingerprint density at radius 1 is 1.12 bits per heavy atom. The molecule has 0 aromatic heterocycles. The average molecular weight is 346 g/mol. The molecule has 1 amide bonds. The zero-order valence-electron chi connectivity index (χ0n) is 14.8. The van der Waals surface area contributed by atoms with Crippen molar-refractivity contribution in [2.45, 2.75) is 45.1 Å². The van der Waals surface area contributed by atoms with Gasteiger partial charge < -0.3 is 9.80 Å². The highest BCUT2D eigenvalue weighted by molar-refractivity contribution is 5.79. The quantitative estimate of drug-likeness (QED) is 0.668. The lowest BCUT2D eigenvalue weighted by atomic mass is 9.96. The monoisotopic (exact) mass is 346 g/mol. The number of hydrogen-bond donors (Lipinski definition) is 1. The lowest BCUT2D eigenvalue weighted by Gasteiger charge is -2.32. The fourth-order valence-electron chi connectivity index (χ4n) is 4.10. The second-order valence-electron chi connectivity index (χ2n) is 7.38. The van der Waals surface area contributed by atoms with Gasteiger partial charge in [0.15, 0.2) is 0 Å². The molecule has 3 rings (SSSR count). The number of likely N-dealkylation sites (tertiary alicyclic amines) is 2. The van der Waals surface area contributed by atoms with Crippen LogP contribution in [0, 0.1) is 16.0 Å². The second-order valence-corrected chi connectivity index (χ2v) is 7.38. The summed E-state index contributed by atoms with van der Waals surface area (Å²) < 4.78 is 0. The molecule has 2 atom stereocenters. The first kappa shape index (κ1) is 17.9. The number of piperidine rings is 1. The number of nitro benzene ring substituents is 1. The summed E-state index contributed by atoms with van der Waals surface area (Å²) in [4.78, 5) is 26.7. The molecule has 0 aliphatic carbocycles. The van der Waals surface area contributed by atoms with Crippen LogP contribution in [0.25, 0.3) is 0 Å². The van der Waals surface area contributed by atoms with Gasteiger partial charge in [0.05, 0.1) is 23.9 Å². The van der Waals surface area contributed by atoms with Crippen molar-refractivity contribution in [1.29, 1.82) is 0 Å².